The molecule has 2 aliphatic rings. The Morgan fingerprint density at radius 2 is 1.44 bits per heavy atom. The predicted octanol–water partition coefficient (Wildman–Crippen LogP) is 3.36. The summed E-state index contributed by atoms with van der Waals surface area (Å²) < 4.78 is 0. The van der Waals surface area contributed by atoms with E-state index < -0.39 is 0 Å². The first kappa shape index (κ1) is 14.8. The summed E-state index contributed by atoms with van der Waals surface area (Å²) in [6, 6.07) is 0. The summed E-state index contributed by atoms with van der Waals surface area (Å²) >= 11 is 3.82. The molecule has 0 aromatic rings. The normalized spacial score (nSPS) is 27.0. The molecule has 0 aromatic carbocycles. The molecule has 3 heteroatoms. The topological polar surface area (TPSA) is 6.48 Å². The summed E-state index contributed by atoms with van der Waals surface area (Å²) in [5.74, 6) is 0. The number of piperazine rings is 1. The Balaban J connectivity index is 1.85. The lowest BCUT2D eigenvalue weighted by Crippen LogP contribution is -2.50. The van der Waals surface area contributed by atoms with Crippen LogP contribution in [0.3, 0.4) is 0 Å². The van der Waals surface area contributed by atoms with Gasteiger partial charge in [-0.1, -0.05) is 48.5 Å². The van der Waals surface area contributed by atoms with Crippen molar-refractivity contribution in [3.8, 4) is 0 Å². The molecular weight excluding hydrogens is 288 g/mol. The molecule has 1 aliphatic heterocycles. The minimum absolute atomic E-state index is 0.574. The molecule has 0 atom stereocenters. The Morgan fingerprint density at radius 3 is 1.94 bits per heavy atom. The number of nitrogens with zero attached hydrogens (tertiary/aromatic N) is 2. The van der Waals surface area contributed by atoms with Gasteiger partial charge in [-0.05, 0) is 24.8 Å². The van der Waals surface area contributed by atoms with Gasteiger partial charge < -0.3 is 9.80 Å². The molecule has 2 fully saturated rings. The van der Waals surface area contributed by atoms with E-state index in [0.717, 1.165) is 0 Å². The smallest absolute Gasteiger partial charge is 0.0110 e. The molecular formula is C15H29BrN2. The highest BCUT2D eigenvalue weighted by molar-refractivity contribution is 9.09. The SMILES string of the molecule is CCN1CCN(CC2(CBr)CCCCCC2)CC1. The van der Waals surface area contributed by atoms with E-state index in [1.54, 1.807) is 0 Å². The fraction of sp³-hybridized carbons (Fsp3) is 1.00. The maximum atomic E-state index is 3.82. The van der Waals surface area contributed by atoms with Crippen molar-refractivity contribution in [2.45, 2.75) is 45.4 Å². The molecule has 1 saturated heterocycles. The predicted molar refractivity (Wildman–Crippen MR) is 82.5 cm³/mol. The van der Waals surface area contributed by atoms with Crippen molar-refractivity contribution < 1.29 is 0 Å². The van der Waals surface area contributed by atoms with E-state index in [1.165, 1.54) is 83.1 Å². The van der Waals surface area contributed by atoms with Crippen molar-refractivity contribution in [3.63, 3.8) is 0 Å². The molecule has 18 heavy (non-hydrogen) atoms. The number of halogens is 1. The van der Waals surface area contributed by atoms with Gasteiger partial charge in [0.05, 0.1) is 0 Å². The quantitative estimate of drug-likeness (QED) is 0.579. The second kappa shape index (κ2) is 7.25. The zero-order valence-electron chi connectivity index (χ0n) is 12.0. The summed E-state index contributed by atoms with van der Waals surface area (Å²) in [7, 11) is 0. The van der Waals surface area contributed by atoms with Gasteiger partial charge >= 0.3 is 0 Å². The van der Waals surface area contributed by atoms with Gasteiger partial charge in [0.25, 0.3) is 0 Å². The highest BCUT2D eigenvalue weighted by atomic mass is 79.9. The van der Waals surface area contributed by atoms with Gasteiger partial charge in [0.15, 0.2) is 0 Å². The first-order valence-corrected chi connectivity index (χ1v) is 8.91. The van der Waals surface area contributed by atoms with E-state index in [1.807, 2.05) is 0 Å². The van der Waals surface area contributed by atoms with Crippen LogP contribution in [-0.4, -0.2) is 54.4 Å². The third-order valence-electron chi connectivity index (χ3n) is 4.92. The minimum Gasteiger partial charge on any atom is -0.301 e. The zero-order valence-corrected chi connectivity index (χ0v) is 13.6. The molecule has 1 heterocycles. The van der Waals surface area contributed by atoms with Crippen LogP contribution in [0.15, 0.2) is 0 Å². The number of rotatable bonds is 4. The van der Waals surface area contributed by atoms with E-state index >= 15 is 0 Å². The molecule has 1 saturated carbocycles. The molecule has 106 valence electrons. The molecule has 2 nitrogen and oxygen atoms in total. The molecule has 0 radical (unpaired) electrons. The third kappa shape index (κ3) is 3.94. The summed E-state index contributed by atoms with van der Waals surface area (Å²) in [5.41, 5.74) is 0.574. The molecule has 0 N–H and O–H groups in total. The Morgan fingerprint density at radius 1 is 0.889 bits per heavy atom. The number of hydrogen-bond donors (Lipinski definition) is 0. The average molecular weight is 317 g/mol. The van der Waals surface area contributed by atoms with Gasteiger partial charge in [0.1, 0.15) is 0 Å². The fourth-order valence-electron chi connectivity index (χ4n) is 3.55. The Labute approximate surface area is 121 Å². The van der Waals surface area contributed by atoms with Crippen LogP contribution >= 0.6 is 15.9 Å². The minimum atomic E-state index is 0.574. The molecule has 0 bridgehead atoms. The third-order valence-corrected chi connectivity index (χ3v) is 6.11. The largest absolute Gasteiger partial charge is 0.301 e. The van der Waals surface area contributed by atoms with Crippen LogP contribution < -0.4 is 0 Å². The second-order valence-electron chi connectivity index (χ2n) is 6.26. The molecule has 0 amide bonds. The molecule has 0 aromatic heterocycles. The van der Waals surface area contributed by atoms with Crippen LogP contribution in [0.1, 0.15) is 45.4 Å². The Bertz CT molecular complexity index is 229. The summed E-state index contributed by atoms with van der Waals surface area (Å²) in [6.07, 6.45) is 8.68. The van der Waals surface area contributed by atoms with Crippen LogP contribution in [0.4, 0.5) is 0 Å². The van der Waals surface area contributed by atoms with E-state index in [-0.39, 0.29) is 0 Å². The molecule has 1 aliphatic carbocycles. The summed E-state index contributed by atoms with van der Waals surface area (Å²) in [5, 5.41) is 1.20. The van der Waals surface area contributed by atoms with Gasteiger partial charge in [-0.15, -0.1) is 0 Å². The van der Waals surface area contributed by atoms with E-state index in [0.29, 0.717) is 5.41 Å². The first-order chi connectivity index (χ1) is 8.78. The lowest BCUT2D eigenvalue weighted by molar-refractivity contribution is 0.0888. The van der Waals surface area contributed by atoms with Crippen molar-refractivity contribution >= 4 is 15.9 Å². The molecule has 0 unspecified atom stereocenters. The van der Waals surface area contributed by atoms with Crippen LogP contribution in [-0.2, 0) is 0 Å². The first-order valence-electron chi connectivity index (χ1n) is 7.79. The number of alkyl halides is 1. The van der Waals surface area contributed by atoms with Crippen molar-refractivity contribution in [2.75, 3.05) is 44.6 Å². The highest BCUT2D eigenvalue weighted by Crippen LogP contribution is 2.37. The molecule has 2 rings (SSSR count). The van der Waals surface area contributed by atoms with Crippen molar-refractivity contribution in [1.82, 2.24) is 9.80 Å². The maximum Gasteiger partial charge on any atom is 0.0110 e. The van der Waals surface area contributed by atoms with Gasteiger partial charge in [-0.2, -0.15) is 0 Å². The summed E-state index contributed by atoms with van der Waals surface area (Å²) in [6.45, 7) is 9.93. The van der Waals surface area contributed by atoms with Gasteiger partial charge in [-0.3, -0.25) is 0 Å². The van der Waals surface area contributed by atoms with E-state index in [2.05, 4.69) is 32.7 Å². The molecule has 0 spiro atoms. The van der Waals surface area contributed by atoms with Crippen molar-refractivity contribution in [2.24, 2.45) is 5.41 Å². The lowest BCUT2D eigenvalue weighted by Gasteiger charge is -2.41. The average Bonchev–Trinajstić information content (AvgIpc) is 2.66. The Hall–Kier alpha value is 0.400. The monoisotopic (exact) mass is 316 g/mol. The van der Waals surface area contributed by atoms with Gasteiger partial charge in [0.2, 0.25) is 0 Å². The van der Waals surface area contributed by atoms with Crippen LogP contribution in [0, 0.1) is 5.41 Å². The van der Waals surface area contributed by atoms with Crippen LogP contribution in [0.5, 0.6) is 0 Å². The van der Waals surface area contributed by atoms with Crippen LogP contribution in [0.2, 0.25) is 0 Å². The standard InChI is InChI=1S/C15H29BrN2/c1-2-17-9-11-18(12-10-17)14-15(13-16)7-5-3-4-6-8-15/h2-14H2,1H3. The summed E-state index contributed by atoms with van der Waals surface area (Å²) in [4.78, 5) is 5.29. The maximum absolute atomic E-state index is 3.82. The number of hydrogen-bond acceptors (Lipinski definition) is 2. The van der Waals surface area contributed by atoms with Crippen molar-refractivity contribution in [1.29, 1.82) is 0 Å². The van der Waals surface area contributed by atoms with E-state index in [9.17, 15) is 0 Å². The van der Waals surface area contributed by atoms with Crippen molar-refractivity contribution in [3.05, 3.63) is 0 Å². The number of likely N-dealkylation sites (N-methyl/N-ethyl adjacent to an activating group) is 1. The van der Waals surface area contributed by atoms with E-state index in [4.69, 9.17) is 0 Å². The lowest BCUT2D eigenvalue weighted by atomic mass is 9.82. The van der Waals surface area contributed by atoms with Crippen LogP contribution in [0.25, 0.3) is 0 Å². The zero-order chi connectivity index (χ0) is 12.8. The van der Waals surface area contributed by atoms with Gasteiger partial charge in [0, 0.05) is 38.1 Å². The van der Waals surface area contributed by atoms with Gasteiger partial charge in [-0.25, -0.2) is 0 Å². The Kier molecular flexibility index (Phi) is 5.96. The highest BCUT2D eigenvalue weighted by Gasteiger charge is 2.32. The fourth-order valence-corrected chi connectivity index (χ4v) is 4.29. The second-order valence-corrected chi connectivity index (χ2v) is 6.82.